The molecule has 0 heterocycles. The van der Waals surface area contributed by atoms with Crippen molar-refractivity contribution in [2.45, 2.75) is 19.3 Å². The second-order valence-corrected chi connectivity index (χ2v) is 12.8. The summed E-state index contributed by atoms with van der Waals surface area (Å²) in [6, 6.07) is 53.2. The summed E-state index contributed by atoms with van der Waals surface area (Å²) in [5, 5.41) is 19.7. The van der Waals surface area contributed by atoms with Gasteiger partial charge in [-0.1, -0.05) is 129 Å². The highest BCUT2D eigenvalue weighted by atomic mass is 14.4. The molecule has 0 fully saturated rings. The SMILES string of the molecule is CC1(C)c2cc(C#N)ccc2-c2ccc(-c3c4ccccc4c(-c4cc5ccccc5c5ccccc45)c4ccccc34)cc21. The van der Waals surface area contributed by atoms with Crippen LogP contribution in [0.15, 0.2) is 140 Å². The molecule has 210 valence electrons. The maximum absolute atomic E-state index is 9.62. The molecule has 1 nitrogen and oxygen atoms in total. The normalized spacial score (nSPS) is 13.3. The first-order valence-electron chi connectivity index (χ1n) is 15.6. The molecule has 1 aliphatic rings. The monoisotopic (exact) mass is 571 g/mol. The summed E-state index contributed by atoms with van der Waals surface area (Å²) in [6.07, 6.45) is 0. The summed E-state index contributed by atoms with van der Waals surface area (Å²) in [5.41, 5.74) is 10.6. The van der Waals surface area contributed by atoms with Crippen LogP contribution in [-0.4, -0.2) is 0 Å². The van der Waals surface area contributed by atoms with E-state index in [-0.39, 0.29) is 5.41 Å². The lowest BCUT2D eigenvalue weighted by molar-refractivity contribution is 0.660. The zero-order valence-electron chi connectivity index (χ0n) is 25.2. The Balaban J connectivity index is 1.36. The topological polar surface area (TPSA) is 23.8 Å². The van der Waals surface area contributed by atoms with Crippen molar-refractivity contribution in [1.82, 2.24) is 0 Å². The molecule has 0 unspecified atom stereocenters. The first-order chi connectivity index (χ1) is 22.0. The predicted molar refractivity (Wildman–Crippen MR) is 190 cm³/mol. The van der Waals surface area contributed by atoms with Crippen molar-refractivity contribution in [2.75, 3.05) is 0 Å². The third kappa shape index (κ3) is 3.60. The first kappa shape index (κ1) is 25.8. The minimum Gasteiger partial charge on any atom is -0.192 e. The fourth-order valence-electron chi connectivity index (χ4n) is 7.95. The Labute approximate surface area is 262 Å². The number of nitriles is 1. The molecule has 0 aromatic heterocycles. The first-order valence-corrected chi connectivity index (χ1v) is 15.6. The zero-order valence-corrected chi connectivity index (χ0v) is 25.2. The van der Waals surface area contributed by atoms with Crippen LogP contribution in [0, 0.1) is 11.3 Å². The van der Waals surface area contributed by atoms with Gasteiger partial charge in [0.1, 0.15) is 0 Å². The van der Waals surface area contributed by atoms with Crippen LogP contribution in [0.25, 0.3) is 76.5 Å². The Kier molecular flexibility index (Phi) is 5.38. The molecule has 0 radical (unpaired) electrons. The Hall–Kier alpha value is -5.71. The van der Waals surface area contributed by atoms with Crippen LogP contribution in [-0.2, 0) is 5.41 Å². The van der Waals surface area contributed by atoms with E-state index in [9.17, 15) is 5.26 Å². The molecule has 8 aromatic rings. The molecular weight excluding hydrogens is 542 g/mol. The maximum atomic E-state index is 9.62. The predicted octanol–water partition coefficient (Wildman–Crippen LogP) is 11.8. The lowest BCUT2D eigenvalue weighted by atomic mass is 9.80. The molecule has 8 aromatic carbocycles. The lowest BCUT2D eigenvalue weighted by Gasteiger charge is -2.23. The van der Waals surface area contributed by atoms with Gasteiger partial charge in [0.05, 0.1) is 11.6 Å². The Morgan fingerprint density at radius 2 is 0.956 bits per heavy atom. The summed E-state index contributed by atoms with van der Waals surface area (Å²) >= 11 is 0. The van der Waals surface area contributed by atoms with Gasteiger partial charge in [-0.25, -0.2) is 0 Å². The van der Waals surface area contributed by atoms with Crippen LogP contribution < -0.4 is 0 Å². The molecule has 0 bridgehead atoms. The van der Waals surface area contributed by atoms with Crippen molar-refractivity contribution in [2.24, 2.45) is 0 Å². The van der Waals surface area contributed by atoms with Crippen molar-refractivity contribution >= 4 is 43.1 Å². The smallest absolute Gasteiger partial charge is 0.0991 e. The highest BCUT2D eigenvalue weighted by Crippen LogP contribution is 2.52. The fourth-order valence-corrected chi connectivity index (χ4v) is 7.95. The third-order valence-electron chi connectivity index (χ3n) is 10.1. The second-order valence-electron chi connectivity index (χ2n) is 12.8. The van der Waals surface area contributed by atoms with E-state index in [4.69, 9.17) is 0 Å². The van der Waals surface area contributed by atoms with Gasteiger partial charge in [0.15, 0.2) is 0 Å². The van der Waals surface area contributed by atoms with E-state index >= 15 is 0 Å². The standard InChI is InChI=1S/C44H29N/c1-44(2)40-23-27(26-45)19-21-33(40)34-22-20-29(25-41(34)44)42-35-15-7-9-17-37(35)43(38-18-10-8-16-36(38)42)39-24-28-11-3-4-12-30(28)31-13-5-6-14-32(31)39/h3-25H,1-2H3. The summed E-state index contributed by atoms with van der Waals surface area (Å²) < 4.78 is 0. The highest BCUT2D eigenvalue weighted by Gasteiger charge is 2.36. The Bertz CT molecular complexity index is 2520. The van der Waals surface area contributed by atoms with E-state index in [1.165, 1.54) is 87.6 Å². The maximum Gasteiger partial charge on any atom is 0.0991 e. The van der Waals surface area contributed by atoms with Crippen molar-refractivity contribution in [1.29, 1.82) is 5.26 Å². The molecule has 45 heavy (non-hydrogen) atoms. The van der Waals surface area contributed by atoms with E-state index < -0.39 is 0 Å². The van der Waals surface area contributed by atoms with E-state index in [1.54, 1.807) is 0 Å². The molecule has 0 amide bonds. The van der Waals surface area contributed by atoms with Crippen molar-refractivity contribution in [3.8, 4) is 39.4 Å². The van der Waals surface area contributed by atoms with Crippen LogP contribution in [0.4, 0.5) is 0 Å². The Morgan fingerprint density at radius 1 is 0.444 bits per heavy atom. The van der Waals surface area contributed by atoms with Gasteiger partial charge in [-0.15, -0.1) is 0 Å². The van der Waals surface area contributed by atoms with Crippen molar-refractivity contribution in [3.63, 3.8) is 0 Å². The average molecular weight is 572 g/mol. The third-order valence-corrected chi connectivity index (χ3v) is 10.1. The summed E-state index contributed by atoms with van der Waals surface area (Å²) in [5.74, 6) is 0. The minimum atomic E-state index is -0.205. The Morgan fingerprint density at radius 3 is 1.60 bits per heavy atom. The number of nitrogens with zero attached hydrogens (tertiary/aromatic N) is 1. The number of hydrogen-bond donors (Lipinski definition) is 0. The van der Waals surface area contributed by atoms with Crippen molar-refractivity contribution < 1.29 is 0 Å². The largest absolute Gasteiger partial charge is 0.192 e. The summed E-state index contributed by atoms with van der Waals surface area (Å²) in [7, 11) is 0. The quantitative estimate of drug-likeness (QED) is 0.150. The summed E-state index contributed by atoms with van der Waals surface area (Å²) in [4.78, 5) is 0. The average Bonchev–Trinajstić information content (AvgIpc) is 3.31. The molecule has 0 aliphatic heterocycles. The van der Waals surface area contributed by atoms with E-state index in [0.29, 0.717) is 5.56 Å². The second kappa shape index (κ2) is 9.39. The molecule has 9 rings (SSSR count). The molecule has 0 saturated carbocycles. The van der Waals surface area contributed by atoms with Gasteiger partial charge in [-0.2, -0.15) is 5.26 Å². The number of benzene rings is 8. The van der Waals surface area contributed by atoms with Crippen LogP contribution in [0.2, 0.25) is 0 Å². The van der Waals surface area contributed by atoms with E-state index in [2.05, 4.69) is 153 Å². The highest BCUT2D eigenvalue weighted by molar-refractivity contribution is 6.25. The summed E-state index contributed by atoms with van der Waals surface area (Å²) in [6.45, 7) is 4.57. The van der Waals surface area contributed by atoms with Crippen LogP contribution >= 0.6 is 0 Å². The van der Waals surface area contributed by atoms with Crippen LogP contribution in [0.1, 0.15) is 30.5 Å². The minimum absolute atomic E-state index is 0.205. The van der Waals surface area contributed by atoms with Gasteiger partial charge >= 0.3 is 0 Å². The fraction of sp³-hybridized carbons (Fsp3) is 0.0682. The van der Waals surface area contributed by atoms with E-state index in [1.807, 2.05) is 6.07 Å². The molecule has 1 aliphatic carbocycles. The van der Waals surface area contributed by atoms with Crippen molar-refractivity contribution in [3.05, 3.63) is 156 Å². The lowest BCUT2D eigenvalue weighted by Crippen LogP contribution is -2.15. The van der Waals surface area contributed by atoms with Gasteiger partial charge < -0.3 is 0 Å². The molecule has 0 saturated heterocycles. The molecular formula is C44H29N. The zero-order chi connectivity index (χ0) is 30.3. The molecule has 0 atom stereocenters. The molecule has 1 heteroatoms. The molecule has 0 N–H and O–H groups in total. The van der Waals surface area contributed by atoms with Gasteiger partial charge in [-0.05, 0) is 112 Å². The van der Waals surface area contributed by atoms with Gasteiger partial charge in [0.25, 0.3) is 0 Å². The van der Waals surface area contributed by atoms with Gasteiger partial charge in [-0.3, -0.25) is 0 Å². The van der Waals surface area contributed by atoms with Crippen LogP contribution in [0.3, 0.4) is 0 Å². The van der Waals surface area contributed by atoms with Gasteiger partial charge in [0.2, 0.25) is 0 Å². The number of rotatable bonds is 2. The van der Waals surface area contributed by atoms with Crippen LogP contribution in [0.5, 0.6) is 0 Å². The number of fused-ring (bicyclic) bond motifs is 8. The number of hydrogen-bond acceptors (Lipinski definition) is 1. The van der Waals surface area contributed by atoms with Gasteiger partial charge in [0, 0.05) is 5.41 Å². The molecule has 0 spiro atoms. The van der Waals surface area contributed by atoms with E-state index in [0.717, 1.165) is 0 Å².